The highest BCUT2D eigenvalue weighted by molar-refractivity contribution is 7.85. The molecule has 2 fully saturated rings. The molecule has 0 atom stereocenters. The van der Waals surface area contributed by atoms with Gasteiger partial charge in [-0.3, -0.25) is 9.98 Å². The predicted molar refractivity (Wildman–Crippen MR) is 141 cm³/mol. The Hall–Kier alpha value is -3.10. The standard InChI is InChI=1S/C23H28N6O3.CH4O3S/c1-2-5-19-18(4-1)17(15-24-19)16-25-28-21-14-22(29-8-12-30-13-9-29)27-20(26-21)6-7-23-31-10-3-11-32-23;1-5(2,3)4/h1-2,4-5,14-16,23-24H,3,6-13H2,(H,26,27,28);1H3,(H,2,3,4)/b25-16+;. The second-order valence-electron chi connectivity index (χ2n) is 8.58. The van der Waals surface area contributed by atoms with Crippen molar-refractivity contribution in [3.05, 3.63) is 47.9 Å². The van der Waals surface area contributed by atoms with Crippen LogP contribution in [0.3, 0.4) is 0 Å². The molecule has 0 radical (unpaired) electrons. The lowest BCUT2D eigenvalue weighted by Gasteiger charge is -2.28. The summed E-state index contributed by atoms with van der Waals surface area (Å²) < 4.78 is 42.7. The van der Waals surface area contributed by atoms with Crippen molar-refractivity contribution in [2.75, 3.05) is 56.1 Å². The number of hydrazone groups is 1. The van der Waals surface area contributed by atoms with Gasteiger partial charge in [0, 0.05) is 54.7 Å². The quantitative estimate of drug-likeness (QED) is 0.235. The molecule has 13 heteroatoms. The van der Waals surface area contributed by atoms with Crippen LogP contribution in [0.1, 0.15) is 24.2 Å². The van der Waals surface area contributed by atoms with E-state index in [1.54, 1.807) is 6.21 Å². The number of morpholine rings is 1. The summed E-state index contributed by atoms with van der Waals surface area (Å²) in [7, 11) is -3.67. The normalized spacial score (nSPS) is 17.1. The molecule has 200 valence electrons. The van der Waals surface area contributed by atoms with Gasteiger partial charge >= 0.3 is 0 Å². The number of fused-ring (bicyclic) bond motifs is 1. The Bertz CT molecular complexity index is 1280. The van der Waals surface area contributed by atoms with Crippen LogP contribution < -0.4 is 10.3 Å². The number of para-hydroxylation sites is 1. The van der Waals surface area contributed by atoms with Crippen molar-refractivity contribution >= 4 is 38.9 Å². The zero-order valence-corrected chi connectivity index (χ0v) is 21.5. The molecular weight excluding hydrogens is 500 g/mol. The van der Waals surface area contributed by atoms with Crippen molar-refractivity contribution in [2.45, 2.75) is 25.6 Å². The third-order valence-electron chi connectivity index (χ3n) is 5.60. The number of benzene rings is 1. The van der Waals surface area contributed by atoms with Gasteiger partial charge in [0.2, 0.25) is 0 Å². The van der Waals surface area contributed by atoms with E-state index in [1.165, 1.54) is 0 Å². The zero-order valence-electron chi connectivity index (χ0n) is 20.7. The highest BCUT2D eigenvalue weighted by Gasteiger charge is 2.18. The highest BCUT2D eigenvalue weighted by atomic mass is 32.2. The Labute approximate surface area is 215 Å². The third-order valence-corrected chi connectivity index (χ3v) is 5.60. The van der Waals surface area contributed by atoms with Crippen LogP contribution in [0.5, 0.6) is 0 Å². The van der Waals surface area contributed by atoms with Crippen molar-refractivity contribution in [1.82, 2.24) is 15.0 Å². The highest BCUT2D eigenvalue weighted by Crippen LogP contribution is 2.20. The summed E-state index contributed by atoms with van der Waals surface area (Å²) in [5.41, 5.74) is 5.19. The lowest BCUT2D eigenvalue weighted by molar-refractivity contribution is -0.180. The fourth-order valence-corrected chi connectivity index (χ4v) is 3.93. The Balaban J connectivity index is 0.000000586. The molecule has 2 saturated heterocycles. The summed E-state index contributed by atoms with van der Waals surface area (Å²) in [6, 6.07) is 10.1. The first kappa shape index (κ1) is 26.9. The number of anilines is 2. The van der Waals surface area contributed by atoms with Crippen LogP contribution >= 0.6 is 0 Å². The average molecular weight is 533 g/mol. The molecule has 0 saturated carbocycles. The second kappa shape index (κ2) is 12.9. The molecule has 12 nitrogen and oxygen atoms in total. The summed E-state index contributed by atoms with van der Waals surface area (Å²) in [4.78, 5) is 15.0. The summed E-state index contributed by atoms with van der Waals surface area (Å²) in [5.74, 6) is 2.29. The van der Waals surface area contributed by atoms with Gasteiger partial charge < -0.3 is 24.1 Å². The van der Waals surface area contributed by atoms with Crippen molar-refractivity contribution in [2.24, 2.45) is 5.10 Å². The average Bonchev–Trinajstić information content (AvgIpc) is 3.31. The SMILES string of the molecule is C(=N\Nc1cc(N2CCOCC2)nc(CCC2OCCCO2)n1)/c1c[nH]c2ccccc12.CS(=O)(=O)O. The Morgan fingerprint density at radius 1 is 1.19 bits per heavy atom. The molecule has 2 aromatic heterocycles. The molecule has 0 spiro atoms. The Morgan fingerprint density at radius 3 is 2.68 bits per heavy atom. The minimum Gasteiger partial charge on any atom is -0.378 e. The van der Waals surface area contributed by atoms with Crippen molar-refractivity contribution in [1.29, 1.82) is 0 Å². The topological polar surface area (TPSA) is 151 Å². The smallest absolute Gasteiger partial charge is 0.261 e. The fraction of sp³-hybridized carbons (Fsp3) is 0.458. The number of H-pyrrole nitrogens is 1. The Kier molecular flexibility index (Phi) is 9.41. The monoisotopic (exact) mass is 532 g/mol. The molecule has 5 rings (SSSR count). The molecule has 37 heavy (non-hydrogen) atoms. The number of aromatic nitrogens is 3. The van der Waals surface area contributed by atoms with Gasteiger partial charge in [-0.2, -0.15) is 13.5 Å². The summed E-state index contributed by atoms with van der Waals surface area (Å²) in [6.45, 7) is 4.51. The minimum absolute atomic E-state index is 0.185. The summed E-state index contributed by atoms with van der Waals surface area (Å²) in [5, 5.41) is 5.56. The van der Waals surface area contributed by atoms with Gasteiger partial charge in [-0.1, -0.05) is 18.2 Å². The van der Waals surface area contributed by atoms with Crippen LogP contribution in [0, 0.1) is 0 Å². The van der Waals surface area contributed by atoms with Crippen molar-refractivity contribution in [3.63, 3.8) is 0 Å². The first-order chi connectivity index (χ1) is 17.8. The van der Waals surface area contributed by atoms with Crippen molar-refractivity contribution < 1.29 is 27.2 Å². The van der Waals surface area contributed by atoms with Crippen LogP contribution in [0.25, 0.3) is 10.9 Å². The van der Waals surface area contributed by atoms with E-state index in [-0.39, 0.29) is 6.29 Å². The molecule has 0 bridgehead atoms. The first-order valence-electron chi connectivity index (χ1n) is 12.1. The zero-order chi connectivity index (χ0) is 26.1. The molecule has 0 unspecified atom stereocenters. The Morgan fingerprint density at radius 2 is 1.92 bits per heavy atom. The van der Waals surface area contributed by atoms with Crippen molar-refractivity contribution in [3.8, 4) is 0 Å². The van der Waals surface area contributed by atoms with E-state index >= 15 is 0 Å². The summed E-state index contributed by atoms with van der Waals surface area (Å²) >= 11 is 0. The van der Waals surface area contributed by atoms with Gasteiger partial charge in [0.15, 0.2) is 12.1 Å². The van der Waals surface area contributed by atoms with Gasteiger partial charge in [-0.15, -0.1) is 0 Å². The van der Waals surface area contributed by atoms with E-state index in [0.717, 1.165) is 67.3 Å². The molecule has 0 amide bonds. The molecular formula is C24H32N6O6S. The van der Waals surface area contributed by atoms with E-state index in [1.807, 2.05) is 30.5 Å². The van der Waals surface area contributed by atoms with Gasteiger partial charge in [0.05, 0.1) is 38.9 Å². The second-order valence-corrected chi connectivity index (χ2v) is 10.0. The molecule has 3 aromatic rings. The fourth-order valence-electron chi connectivity index (χ4n) is 3.93. The van der Waals surface area contributed by atoms with Crippen LogP contribution in [0.2, 0.25) is 0 Å². The minimum atomic E-state index is -3.67. The lowest BCUT2D eigenvalue weighted by Crippen LogP contribution is -2.37. The number of rotatable bonds is 7. The van der Waals surface area contributed by atoms with Gasteiger partial charge in [0.25, 0.3) is 10.1 Å². The van der Waals surface area contributed by atoms with Gasteiger partial charge in [-0.25, -0.2) is 9.97 Å². The molecule has 2 aliphatic heterocycles. The van der Waals surface area contributed by atoms with Crippen LogP contribution in [0.4, 0.5) is 11.6 Å². The first-order valence-corrected chi connectivity index (χ1v) is 13.9. The summed E-state index contributed by atoms with van der Waals surface area (Å²) in [6.07, 6.45) is 6.63. The van der Waals surface area contributed by atoms with E-state index in [0.29, 0.717) is 31.7 Å². The molecule has 1 aromatic carbocycles. The third kappa shape index (κ3) is 8.76. The largest absolute Gasteiger partial charge is 0.378 e. The number of nitrogens with zero attached hydrogens (tertiary/aromatic N) is 4. The van der Waals surface area contributed by atoms with E-state index in [4.69, 9.17) is 23.7 Å². The van der Waals surface area contributed by atoms with E-state index < -0.39 is 10.1 Å². The maximum absolute atomic E-state index is 9.19. The number of aromatic amines is 1. The van der Waals surface area contributed by atoms with Gasteiger partial charge in [-0.05, 0) is 12.5 Å². The maximum Gasteiger partial charge on any atom is 0.261 e. The van der Waals surface area contributed by atoms with Gasteiger partial charge in [0.1, 0.15) is 11.6 Å². The maximum atomic E-state index is 9.19. The lowest BCUT2D eigenvalue weighted by atomic mass is 10.2. The predicted octanol–water partition coefficient (Wildman–Crippen LogP) is 2.44. The van der Waals surface area contributed by atoms with Crippen LogP contribution in [0.15, 0.2) is 41.6 Å². The number of aryl methyl sites for hydroxylation is 1. The number of hydrogen-bond donors (Lipinski definition) is 3. The number of hydrogen-bond acceptors (Lipinski definition) is 10. The molecule has 0 aliphatic carbocycles. The number of nitrogens with one attached hydrogen (secondary N) is 2. The van der Waals surface area contributed by atoms with Crippen LogP contribution in [-0.2, 0) is 30.7 Å². The van der Waals surface area contributed by atoms with E-state index in [2.05, 4.69) is 31.5 Å². The number of ether oxygens (including phenoxy) is 3. The van der Waals surface area contributed by atoms with Crippen LogP contribution in [-0.4, -0.2) is 86.2 Å². The van der Waals surface area contributed by atoms with E-state index in [9.17, 15) is 8.42 Å². The molecule has 2 aliphatic rings. The molecule has 3 N–H and O–H groups in total. The molecule has 4 heterocycles.